The van der Waals surface area contributed by atoms with Crippen molar-refractivity contribution in [3.63, 3.8) is 0 Å². The first-order valence-corrected chi connectivity index (χ1v) is 7.91. The quantitative estimate of drug-likeness (QED) is 0.875. The number of hydrogen-bond acceptors (Lipinski definition) is 4. The number of aromatic nitrogens is 4. The molecular formula is C16H23N5. The van der Waals surface area contributed by atoms with Crippen LogP contribution in [-0.4, -0.2) is 26.8 Å². The lowest BCUT2D eigenvalue weighted by Gasteiger charge is -2.17. The third kappa shape index (κ3) is 3.60. The van der Waals surface area contributed by atoms with Crippen LogP contribution in [0.2, 0.25) is 0 Å². The molecule has 3 rings (SSSR count). The Hall–Kier alpha value is -1.91. The van der Waals surface area contributed by atoms with Crippen LogP contribution >= 0.6 is 0 Å². The normalized spacial score (nSPS) is 16.6. The molecule has 1 aromatic carbocycles. The number of benzene rings is 1. The second kappa shape index (κ2) is 6.70. The van der Waals surface area contributed by atoms with Crippen LogP contribution in [0.25, 0.3) is 5.69 Å². The van der Waals surface area contributed by atoms with Crippen LogP contribution in [0.4, 0.5) is 5.69 Å². The molecule has 0 radical (unpaired) electrons. The minimum atomic E-state index is 0.809. The average molecular weight is 285 g/mol. The molecule has 0 bridgehead atoms. The maximum atomic E-state index is 3.95. The SMILES string of the molecule is Cc1ccc(-n2cnnn2)cc1NCC1CCCCCC1. The van der Waals surface area contributed by atoms with Crippen molar-refractivity contribution in [2.45, 2.75) is 45.4 Å². The van der Waals surface area contributed by atoms with Gasteiger partial charge in [-0.3, -0.25) is 0 Å². The first-order chi connectivity index (χ1) is 10.3. The molecule has 0 spiro atoms. The van der Waals surface area contributed by atoms with Crippen LogP contribution in [0.3, 0.4) is 0 Å². The highest BCUT2D eigenvalue weighted by Crippen LogP contribution is 2.25. The molecule has 1 N–H and O–H groups in total. The highest BCUT2D eigenvalue weighted by Gasteiger charge is 2.12. The lowest BCUT2D eigenvalue weighted by molar-refractivity contribution is 0.483. The summed E-state index contributed by atoms with van der Waals surface area (Å²) in [6.45, 7) is 3.21. The number of anilines is 1. The maximum absolute atomic E-state index is 3.95. The number of hydrogen-bond donors (Lipinski definition) is 1. The number of nitrogens with zero attached hydrogens (tertiary/aromatic N) is 4. The fraction of sp³-hybridized carbons (Fsp3) is 0.562. The summed E-state index contributed by atoms with van der Waals surface area (Å²) < 4.78 is 1.69. The number of nitrogens with one attached hydrogen (secondary N) is 1. The summed E-state index contributed by atoms with van der Waals surface area (Å²) in [5.74, 6) is 0.809. The maximum Gasteiger partial charge on any atom is 0.143 e. The van der Waals surface area contributed by atoms with Crippen LogP contribution in [0.15, 0.2) is 24.5 Å². The molecule has 1 aliphatic rings. The smallest absolute Gasteiger partial charge is 0.143 e. The molecule has 0 saturated heterocycles. The van der Waals surface area contributed by atoms with Crippen molar-refractivity contribution in [2.75, 3.05) is 11.9 Å². The van der Waals surface area contributed by atoms with E-state index in [0.29, 0.717) is 0 Å². The van der Waals surface area contributed by atoms with E-state index in [1.54, 1.807) is 11.0 Å². The van der Waals surface area contributed by atoms with Crippen molar-refractivity contribution in [1.82, 2.24) is 20.2 Å². The average Bonchev–Trinajstić information content (AvgIpc) is 2.91. The number of tetrazole rings is 1. The summed E-state index contributed by atoms with van der Waals surface area (Å²) in [5, 5.41) is 15.0. The number of rotatable bonds is 4. The van der Waals surface area contributed by atoms with Crippen LogP contribution in [0.5, 0.6) is 0 Å². The highest BCUT2D eigenvalue weighted by molar-refractivity contribution is 5.56. The molecule has 0 atom stereocenters. The molecule has 21 heavy (non-hydrogen) atoms. The van der Waals surface area contributed by atoms with Crippen LogP contribution in [0, 0.1) is 12.8 Å². The molecule has 5 nitrogen and oxygen atoms in total. The zero-order valence-corrected chi connectivity index (χ0v) is 12.6. The van der Waals surface area contributed by atoms with E-state index in [0.717, 1.165) is 18.2 Å². The Kier molecular flexibility index (Phi) is 4.48. The van der Waals surface area contributed by atoms with E-state index in [1.807, 2.05) is 6.07 Å². The van der Waals surface area contributed by atoms with Gasteiger partial charge in [-0.05, 0) is 53.8 Å². The topological polar surface area (TPSA) is 55.6 Å². The predicted octanol–water partition coefficient (Wildman–Crippen LogP) is 3.35. The Labute approximate surface area is 125 Å². The predicted molar refractivity (Wildman–Crippen MR) is 83.6 cm³/mol. The standard InChI is InChI=1S/C16H23N5/c1-13-8-9-15(21-12-18-19-20-21)10-16(13)17-11-14-6-4-2-3-5-7-14/h8-10,12,14,17H,2-7,11H2,1H3. The fourth-order valence-corrected chi connectivity index (χ4v) is 3.04. The Morgan fingerprint density at radius 1 is 1.19 bits per heavy atom. The van der Waals surface area contributed by atoms with Gasteiger partial charge in [0, 0.05) is 12.2 Å². The minimum absolute atomic E-state index is 0.809. The molecule has 1 aliphatic carbocycles. The fourth-order valence-electron chi connectivity index (χ4n) is 3.04. The second-order valence-corrected chi connectivity index (χ2v) is 5.99. The third-order valence-corrected chi connectivity index (χ3v) is 4.39. The van der Waals surface area contributed by atoms with Gasteiger partial charge in [0.25, 0.3) is 0 Å². The summed E-state index contributed by atoms with van der Waals surface area (Å²) in [6.07, 6.45) is 9.93. The molecule has 0 aliphatic heterocycles. The molecule has 2 aromatic rings. The van der Waals surface area contributed by atoms with E-state index in [1.165, 1.54) is 49.8 Å². The third-order valence-electron chi connectivity index (χ3n) is 4.39. The van der Waals surface area contributed by atoms with Gasteiger partial charge in [-0.15, -0.1) is 5.10 Å². The first-order valence-electron chi connectivity index (χ1n) is 7.91. The molecule has 0 amide bonds. The van der Waals surface area contributed by atoms with E-state index in [2.05, 4.69) is 39.9 Å². The summed E-state index contributed by atoms with van der Waals surface area (Å²) in [4.78, 5) is 0. The molecular weight excluding hydrogens is 262 g/mol. The van der Waals surface area contributed by atoms with E-state index in [4.69, 9.17) is 0 Å². The van der Waals surface area contributed by atoms with Gasteiger partial charge < -0.3 is 5.32 Å². The Balaban J connectivity index is 1.68. The van der Waals surface area contributed by atoms with Crippen LogP contribution in [0.1, 0.15) is 44.1 Å². The summed E-state index contributed by atoms with van der Waals surface area (Å²) >= 11 is 0. The lowest BCUT2D eigenvalue weighted by atomic mass is 10.00. The lowest BCUT2D eigenvalue weighted by Crippen LogP contribution is -2.14. The Bertz CT molecular complexity index is 556. The molecule has 5 heteroatoms. The van der Waals surface area contributed by atoms with Gasteiger partial charge in [-0.1, -0.05) is 31.7 Å². The molecule has 1 fully saturated rings. The van der Waals surface area contributed by atoms with Crippen molar-refractivity contribution >= 4 is 5.69 Å². The Morgan fingerprint density at radius 2 is 2.00 bits per heavy atom. The minimum Gasteiger partial charge on any atom is -0.384 e. The van der Waals surface area contributed by atoms with Crippen molar-refractivity contribution in [1.29, 1.82) is 0 Å². The van der Waals surface area contributed by atoms with Crippen LogP contribution in [-0.2, 0) is 0 Å². The van der Waals surface area contributed by atoms with Gasteiger partial charge in [0.2, 0.25) is 0 Å². The zero-order chi connectivity index (χ0) is 14.5. The van der Waals surface area contributed by atoms with Crippen molar-refractivity contribution in [2.24, 2.45) is 5.92 Å². The monoisotopic (exact) mass is 285 g/mol. The van der Waals surface area contributed by atoms with Crippen molar-refractivity contribution in [3.05, 3.63) is 30.1 Å². The molecule has 1 saturated carbocycles. The summed E-state index contributed by atoms with van der Waals surface area (Å²) in [6, 6.07) is 6.29. The second-order valence-electron chi connectivity index (χ2n) is 5.99. The van der Waals surface area contributed by atoms with Gasteiger partial charge in [0.15, 0.2) is 0 Å². The zero-order valence-electron chi connectivity index (χ0n) is 12.6. The largest absolute Gasteiger partial charge is 0.384 e. The molecule has 1 heterocycles. The van der Waals surface area contributed by atoms with Gasteiger partial charge in [0.05, 0.1) is 5.69 Å². The highest BCUT2D eigenvalue weighted by atomic mass is 15.5. The Morgan fingerprint density at radius 3 is 2.71 bits per heavy atom. The van der Waals surface area contributed by atoms with E-state index < -0.39 is 0 Å². The van der Waals surface area contributed by atoms with E-state index >= 15 is 0 Å². The van der Waals surface area contributed by atoms with Gasteiger partial charge in [-0.25, -0.2) is 4.68 Å². The van der Waals surface area contributed by atoms with Gasteiger partial charge in [0.1, 0.15) is 6.33 Å². The van der Waals surface area contributed by atoms with Gasteiger partial charge >= 0.3 is 0 Å². The van der Waals surface area contributed by atoms with Crippen molar-refractivity contribution in [3.8, 4) is 5.69 Å². The number of aryl methyl sites for hydroxylation is 1. The van der Waals surface area contributed by atoms with Crippen molar-refractivity contribution < 1.29 is 0 Å². The molecule has 112 valence electrons. The van der Waals surface area contributed by atoms with Gasteiger partial charge in [-0.2, -0.15) is 0 Å². The molecule has 1 aromatic heterocycles. The van der Waals surface area contributed by atoms with E-state index in [-0.39, 0.29) is 0 Å². The summed E-state index contributed by atoms with van der Waals surface area (Å²) in [7, 11) is 0. The molecule has 0 unspecified atom stereocenters. The van der Waals surface area contributed by atoms with Crippen LogP contribution < -0.4 is 5.32 Å². The first kappa shape index (κ1) is 14.0. The van der Waals surface area contributed by atoms with E-state index in [9.17, 15) is 0 Å². The summed E-state index contributed by atoms with van der Waals surface area (Å²) in [5.41, 5.74) is 3.45.